The van der Waals surface area contributed by atoms with Crippen LogP contribution in [-0.4, -0.2) is 31.7 Å². The van der Waals surface area contributed by atoms with Crippen molar-refractivity contribution in [3.63, 3.8) is 0 Å². The Balaban J connectivity index is 1.66. The molecule has 0 aromatic rings. The van der Waals surface area contributed by atoms with Crippen LogP contribution in [0.5, 0.6) is 0 Å². The van der Waals surface area contributed by atoms with Crippen molar-refractivity contribution in [3.05, 3.63) is 0 Å². The number of nitrogens with two attached hydrogens (primary N) is 1. The number of carbonyl (C=O) groups excluding carboxylic acids is 1. The molecule has 1 amide bonds. The van der Waals surface area contributed by atoms with Gasteiger partial charge < -0.3 is 15.8 Å². The first-order valence-corrected chi connectivity index (χ1v) is 8.31. The van der Waals surface area contributed by atoms with E-state index in [-0.39, 0.29) is 11.9 Å². The van der Waals surface area contributed by atoms with Crippen LogP contribution in [0.15, 0.2) is 0 Å². The molecule has 4 heteroatoms. The lowest BCUT2D eigenvalue weighted by Crippen LogP contribution is -2.48. The highest BCUT2D eigenvalue weighted by atomic mass is 16.5. The minimum Gasteiger partial charge on any atom is -0.381 e. The molecule has 0 spiro atoms. The Bertz CT molecular complexity index is 295. The second kappa shape index (κ2) is 7.99. The van der Waals surface area contributed by atoms with Gasteiger partial charge in [0.25, 0.3) is 0 Å². The van der Waals surface area contributed by atoms with Crippen LogP contribution >= 0.6 is 0 Å². The van der Waals surface area contributed by atoms with E-state index in [9.17, 15) is 4.79 Å². The Kier molecular flexibility index (Phi) is 6.30. The molecule has 0 radical (unpaired) electrons. The van der Waals surface area contributed by atoms with E-state index < -0.39 is 0 Å². The summed E-state index contributed by atoms with van der Waals surface area (Å²) in [5.41, 5.74) is 6.08. The Morgan fingerprint density at radius 1 is 1.15 bits per heavy atom. The third-order valence-corrected chi connectivity index (χ3v) is 5.19. The van der Waals surface area contributed by atoms with Crippen molar-refractivity contribution < 1.29 is 9.53 Å². The predicted octanol–water partition coefficient (Wildman–Crippen LogP) is 2.07. The first kappa shape index (κ1) is 15.8. The van der Waals surface area contributed by atoms with Crippen LogP contribution in [0.3, 0.4) is 0 Å². The predicted molar refractivity (Wildman–Crippen MR) is 80.3 cm³/mol. The fourth-order valence-electron chi connectivity index (χ4n) is 3.50. The van der Waals surface area contributed by atoms with Crippen LogP contribution in [0, 0.1) is 17.8 Å². The molecule has 0 bridgehead atoms. The molecule has 4 nitrogen and oxygen atoms in total. The van der Waals surface area contributed by atoms with Gasteiger partial charge in [-0.2, -0.15) is 0 Å². The van der Waals surface area contributed by atoms with Crippen LogP contribution < -0.4 is 11.1 Å². The molecule has 2 aliphatic rings. The number of hydrogen-bond donors (Lipinski definition) is 2. The Hall–Kier alpha value is -0.610. The van der Waals surface area contributed by atoms with Gasteiger partial charge in [0.2, 0.25) is 5.91 Å². The highest BCUT2D eigenvalue weighted by Gasteiger charge is 2.27. The Labute approximate surface area is 122 Å². The van der Waals surface area contributed by atoms with Gasteiger partial charge in [-0.05, 0) is 43.4 Å². The standard InChI is InChI=1S/C16H30N2O2/c1-2-12-3-5-13(6-4-12)11-18-16(19)15(17)14-7-9-20-10-8-14/h12-15H,2-11,17H2,1H3,(H,18,19). The van der Waals surface area contributed by atoms with E-state index in [4.69, 9.17) is 10.5 Å². The summed E-state index contributed by atoms with van der Waals surface area (Å²) in [5.74, 6) is 1.89. The van der Waals surface area contributed by atoms with Crippen molar-refractivity contribution in [2.75, 3.05) is 19.8 Å². The maximum absolute atomic E-state index is 12.1. The number of ether oxygens (including phenoxy) is 1. The van der Waals surface area contributed by atoms with Gasteiger partial charge in [0, 0.05) is 19.8 Å². The lowest BCUT2D eigenvalue weighted by Gasteiger charge is -2.30. The molecule has 1 saturated carbocycles. The third-order valence-electron chi connectivity index (χ3n) is 5.19. The summed E-state index contributed by atoms with van der Waals surface area (Å²) < 4.78 is 5.32. The summed E-state index contributed by atoms with van der Waals surface area (Å²) in [6.45, 7) is 4.57. The second-order valence-electron chi connectivity index (χ2n) is 6.52. The molecule has 0 aromatic carbocycles. The maximum Gasteiger partial charge on any atom is 0.237 e. The first-order valence-electron chi connectivity index (χ1n) is 8.31. The number of amides is 1. The van der Waals surface area contributed by atoms with Crippen molar-refractivity contribution in [3.8, 4) is 0 Å². The quantitative estimate of drug-likeness (QED) is 0.811. The second-order valence-corrected chi connectivity index (χ2v) is 6.52. The zero-order valence-corrected chi connectivity index (χ0v) is 12.8. The van der Waals surface area contributed by atoms with Gasteiger partial charge >= 0.3 is 0 Å². The summed E-state index contributed by atoms with van der Waals surface area (Å²) in [6, 6.07) is -0.356. The van der Waals surface area contributed by atoms with Crippen molar-refractivity contribution in [1.29, 1.82) is 0 Å². The van der Waals surface area contributed by atoms with Gasteiger partial charge in [-0.1, -0.05) is 26.2 Å². The minimum absolute atomic E-state index is 0.0366. The van der Waals surface area contributed by atoms with Crippen LogP contribution in [-0.2, 0) is 9.53 Å². The van der Waals surface area contributed by atoms with Crippen LogP contribution in [0.25, 0.3) is 0 Å². The molecule has 1 aliphatic carbocycles. The molecule has 0 aromatic heterocycles. The number of rotatable bonds is 5. The van der Waals surface area contributed by atoms with Gasteiger partial charge in [0.05, 0.1) is 6.04 Å². The normalized spacial score (nSPS) is 29.9. The lowest BCUT2D eigenvalue weighted by molar-refractivity contribution is -0.124. The largest absolute Gasteiger partial charge is 0.381 e. The lowest BCUT2D eigenvalue weighted by atomic mass is 9.81. The fourth-order valence-corrected chi connectivity index (χ4v) is 3.50. The van der Waals surface area contributed by atoms with E-state index in [1.165, 1.54) is 32.1 Å². The molecule has 1 unspecified atom stereocenters. The number of hydrogen-bond acceptors (Lipinski definition) is 3. The molecule has 2 fully saturated rings. The van der Waals surface area contributed by atoms with Crippen LogP contribution in [0.1, 0.15) is 51.9 Å². The molecule has 1 atom stereocenters. The highest BCUT2D eigenvalue weighted by Crippen LogP contribution is 2.30. The van der Waals surface area contributed by atoms with E-state index in [0.29, 0.717) is 11.8 Å². The SMILES string of the molecule is CCC1CCC(CNC(=O)C(N)C2CCOCC2)CC1. The fraction of sp³-hybridized carbons (Fsp3) is 0.938. The Morgan fingerprint density at radius 2 is 1.75 bits per heavy atom. The molecule has 116 valence electrons. The average molecular weight is 282 g/mol. The van der Waals surface area contributed by atoms with Gasteiger partial charge in [-0.3, -0.25) is 4.79 Å². The smallest absolute Gasteiger partial charge is 0.237 e. The van der Waals surface area contributed by atoms with E-state index >= 15 is 0 Å². The zero-order chi connectivity index (χ0) is 14.4. The zero-order valence-electron chi connectivity index (χ0n) is 12.8. The molecular weight excluding hydrogens is 252 g/mol. The van der Waals surface area contributed by atoms with Crippen molar-refractivity contribution in [2.24, 2.45) is 23.5 Å². The molecule has 2 rings (SSSR count). The van der Waals surface area contributed by atoms with E-state index in [1.54, 1.807) is 0 Å². The summed E-state index contributed by atoms with van der Waals surface area (Å²) in [7, 11) is 0. The first-order chi connectivity index (χ1) is 9.70. The van der Waals surface area contributed by atoms with Gasteiger partial charge in [0.15, 0.2) is 0 Å². The van der Waals surface area contributed by atoms with E-state index in [0.717, 1.165) is 38.5 Å². The summed E-state index contributed by atoms with van der Waals surface area (Å²) in [4.78, 5) is 12.1. The van der Waals surface area contributed by atoms with Gasteiger partial charge in [-0.25, -0.2) is 0 Å². The summed E-state index contributed by atoms with van der Waals surface area (Å²) in [5, 5.41) is 3.08. The third kappa shape index (κ3) is 4.45. The van der Waals surface area contributed by atoms with E-state index in [2.05, 4.69) is 12.2 Å². The van der Waals surface area contributed by atoms with Crippen LogP contribution in [0.2, 0.25) is 0 Å². The number of nitrogens with one attached hydrogen (secondary N) is 1. The summed E-state index contributed by atoms with van der Waals surface area (Å²) >= 11 is 0. The molecule has 1 saturated heterocycles. The summed E-state index contributed by atoms with van der Waals surface area (Å²) in [6.07, 6.45) is 8.28. The molecule has 1 heterocycles. The van der Waals surface area contributed by atoms with Gasteiger partial charge in [-0.15, -0.1) is 0 Å². The van der Waals surface area contributed by atoms with Crippen molar-refractivity contribution in [2.45, 2.75) is 57.9 Å². The topological polar surface area (TPSA) is 64.4 Å². The van der Waals surface area contributed by atoms with Crippen molar-refractivity contribution >= 4 is 5.91 Å². The van der Waals surface area contributed by atoms with Crippen molar-refractivity contribution in [1.82, 2.24) is 5.32 Å². The van der Waals surface area contributed by atoms with Crippen LogP contribution in [0.4, 0.5) is 0 Å². The minimum atomic E-state index is -0.356. The molecule has 20 heavy (non-hydrogen) atoms. The maximum atomic E-state index is 12.1. The highest BCUT2D eigenvalue weighted by molar-refractivity contribution is 5.81. The number of carbonyl (C=O) groups is 1. The molecule has 1 aliphatic heterocycles. The van der Waals surface area contributed by atoms with E-state index in [1.807, 2.05) is 0 Å². The molecule has 3 N–H and O–H groups in total. The Morgan fingerprint density at radius 3 is 2.35 bits per heavy atom. The average Bonchev–Trinajstić information content (AvgIpc) is 2.53. The molecular formula is C16H30N2O2. The monoisotopic (exact) mass is 282 g/mol. The van der Waals surface area contributed by atoms with Gasteiger partial charge in [0.1, 0.15) is 0 Å².